The fourth-order valence-corrected chi connectivity index (χ4v) is 1.65. The first-order valence-corrected chi connectivity index (χ1v) is 5.60. The number of halogens is 1. The van der Waals surface area contributed by atoms with Crippen LogP contribution in [0.15, 0.2) is 28.9 Å². The number of nitrogens with zero attached hydrogens (tertiary/aromatic N) is 1. The van der Waals surface area contributed by atoms with E-state index in [0.717, 1.165) is 11.3 Å². The maximum absolute atomic E-state index is 5.86. The Morgan fingerprint density at radius 1 is 1.47 bits per heavy atom. The number of hydrogen-bond acceptors (Lipinski definition) is 4. The molecule has 2 rings (SSSR count). The molecule has 0 unspecified atom stereocenters. The summed E-state index contributed by atoms with van der Waals surface area (Å²) in [5.74, 6) is 0.687. The van der Waals surface area contributed by atoms with Gasteiger partial charge in [0.05, 0.1) is 5.69 Å². The van der Waals surface area contributed by atoms with Crippen molar-refractivity contribution in [2.24, 2.45) is 0 Å². The molecule has 1 N–H and O–H groups in total. The van der Waals surface area contributed by atoms with E-state index in [2.05, 4.69) is 10.3 Å². The molecule has 1 heterocycles. The topological polar surface area (TPSA) is 47.3 Å². The van der Waals surface area contributed by atoms with Gasteiger partial charge in [0.2, 0.25) is 0 Å². The van der Waals surface area contributed by atoms with E-state index in [1.54, 1.807) is 18.4 Å². The molecule has 0 aliphatic carbocycles. The molecule has 0 saturated heterocycles. The van der Waals surface area contributed by atoms with Crippen LogP contribution in [0, 0.1) is 6.92 Å². The third-order valence-corrected chi connectivity index (χ3v) is 2.46. The molecule has 1 aromatic heterocycles. The number of aromatic nitrogens is 1. The minimum atomic E-state index is 0.237. The second-order valence-electron chi connectivity index (χ2n) is 3.65. The molecule has 0 spiro atoms. The molecule has 0 bridgehead atoms. The van der Waals surface area contributed by atoms with Crippen LogP contribution in [0.25, 0.3) is 0 Å². The molecule has 2 aromatic rings. The molecule has 0 saturated carbocycles. The lowest BCUT2D eigenvalue weighted by molar-refractivity contribution is 0.329. The van der Waals surface area contributed by atoms with Crippen LogP contribution in [0.3, 0.4) is 0 Å². The normalized spacial score (nSPS) is 10.5. The lowest BCUT2D eigenvalue weighted by Crippen LogP contribution is -2.04. The van der Waals surface area contributed by atoms with E-state index < -0.39 is 0 Å². The lowest BCUT2D eigenvalue weighted by atomic mass is 10.2. The summed E-state index contributed by atoms with van der Waals surface area (Å²) in [6.07, 6.45) is 1.80. The molecule has 17 heavy (non-hydrogen) atoms. The standard InChI is InChI=1S/C12H13ClN2O2/c1-8-5-9(13)3-4-11(8)17-12-15-10(6-14-2)7-16-12/h3-5,7,14H,6H2,1-2H3. The highest BCUT2D eigenvalue weighted by Gasteiger charge is 2.07. The van der Waals surface area contributed by atoms with E-state index in [4.69, 9.17) is 20.8 Å². The van der Waals surface area contributed by atoms with Gasteiger partial charge in [-0.1, -0.05) is 11.6 Å². The molecule has 0 aliphatic rings. The summed E-state index contributed by atoms with van der Waals surface area (Å²) in [7, 11) is 1.85. The van der Waals surface area contributed by atoms with Gasteiger partial charge < -0.3 is 14.5 Å². The Kier molecular flexibility index (Phi) is 3.66. The lowest BCUT2D eigenvalue weighted by Gasteiger charge is -2.04. The van der Waals surface area contributed by atoms with Gasteiger partial charge in [-0.15, -0.1) is 0 Å². The first-order valence-electron chi connectivity index (χ1n) is 5.22. The van der Waals surface area contributed by atoms with Crippen LogP contribution >= 0.6 is 11.6 Å². The van der Waals surface area contributed by atoms with Gasteiger partial charge in [-0.05, 0) is 37.7 Å². The smallest absolute Gasteiger partial charge is 0.399 e. The zero-order valence-electron chi connectivity index (χ0n) is 9.66. The van der Waals surface area contributed by atoms with Crippen molar-refractivity contribution in [3.63, 3.8) is 0 Å². The summed E-state index contributed by atoms with van der Waals surface area (Å²) in [4.78, 5) is 4.17. The van der Waals surface area contributed by atoms with Crippen LogP contribution in [-0.4, -0.2) is 12.0 Å². The zero-order valence-corrected chi connectivity index (χ0v) is 10.4. The molecule has 0 aliphatic heterocycles. The Hall–Kier alpha value is -1.52. The van der Waals surface area contributed by atoms with Crippen molar-refractivity contribution in [2.45, 2.75) is 13.5 Å². The van der Waals surface area contributed by atoms with E-state index in [9.17, 15) is 0 Å². The highest BCUT2D eigenvalue weighted by atomic mass is 35.5. The fourth-order valence-electron chi connectivity index (χ4n) is 1.42. The third-order valence-electron chi connectivity index (χ3n) is 2.22. The highest BCUT2D eigenvalue weighted by molar-refractivity contribution is 6.30. The quantitative estimate of drug-likeness (QED) is 0.908. The summed E-state index contributed by atoms with van der Waals surface area (Å²) in [5.41, 5.74) is 1.74. The zero-order chi connectivity index (χ0) is 12.3. The van der Waals surface area contributed by atoms with Crippen LogP contribution < -0.4 is 10.1 Å². The Labute approximate surface area is 105 Å². The molecule has 0 radical (unpaired) electrons. The van der Waals surface area contributed by atoms with Crippen molar-refractivity contribution in [1.29, 1.82) is 0 Å². The van der Waals surface area contributed by atoms with Gasteiger partial charge >= 0.3 is 6.08 Å². The van der Waals surface area contributed by atoms with Gasteiger partial charge in [0.15, 0.2) is 0 Å². The van der Waals surface area contributed by atoms with E-state index in [1.807, 2.05) is 20.0 Å². The van der Waals surface area contributed by atoms with Crippen LogP contribution in [0.5, 0.6) is 11.8 Å². The second-order valence-corrected chi connectivity index (χ2v) is 4.08. The Bertz CT molecular complexity index is 511. The summed E-state index contributed by atoms with van der Waals surface area (Å²) in [5, 5.41) is 3.66. The molecule has 0 atom stereocenters. The first kappa shape index (κ1) is 12.0. The minimum absolute atomic E-state index is 0.237. The van der Waals surface area contributed by atoms with Gasteiger partial charge in [0.1, 0.15) is 12.0 Å². The Morgan fingerprint density at radius 2 is 2.29 bits per heavy atom. The number of benzene rings is 1. The number of ether oxygens (including phenoxy) is 1. The maximum atomic E-state index is 5.86. The number of aryl methyl sites for hydroxylation is 1. The third kappa shape index (κ3) is 2.99. The molecular formula is C12H13ClN2O2. The van der Waals surface area contributed by atoms with Crippen LogP contribution in [-0.2, 0) is 6.54 Å². The van der Waals surface area contributed by atoms with E-state index >= 15 is 0 Å². The summed E-state index contributed by atoms with van der Waals surface area (Å²) < 4.78 is 10.7. The van der Waals surface area contributed by atoms with Crippen molar-refractivity contribution < 1.29 is 9.15 Å². The average molecular weight is 253 g/mol. The summed E-state index contributed by atoms with van der Waals surface area (Å²) >= 11 is 5.86. The SMILES string of the molecule is CNCc1coc(Oc2ccc(Cl)cc2C)n1. The molecule has 4 nitrogen and oxygen atoms in total. The van der Waals surface area contributed by atoms with Crippen LogP contribution in [0.4, 0.5) is 0 Å². The predicted octanol–water partition coefficient (Wildman–Crippen LogP) is 3.15. The number of hydrogen-bond donors (Lipinski definition) is 1. The van der Waals surface area contributed by atoms with E-state index in [1.165, 1.54) is 0 Å². The summed E-state index contributed by atoms with van der Waals surface area (Å²) in [6, 6.07) is 5.38. The van der Waals surface area contributed by atoms with Crippen molar-refractivity contribution >= 4 is 11.6 Å². The van der Waals surface area contributed by atoms with Crippen LogP contribution in [0.2, 0.25) is 5.02 Å². The number of rotatable bonds is 4. The highest BCUT2D eigenvalue weighted by Crippen LogP contribution is 2.26. The Morgan fingerprint density at radius 3 is 3.00 bits per heavy atom. The van der Waals surface area contributed by atoms with Crippen molar-refractivity contribution in [1.82, 2.24) is 10.3 Å². The first-order chi connectivity index (χ1) is 8.19. The second kappa shape index (κ2) is 5.21. The van der Waals surface area contributed by atoms with Crippen LogP contribution in [0.1, 0.15) is 11.3 Å². The van der Waals surface area contributed by atoms with Gasteiger partial charge in [-0.25, -0.2) is 0 Å². The Balaban J connectivity index is 2.13. The number of oxazole rings is 1. The summed E-state index contributed by atoms with van der Waals surface area (Å²) in [6.45, 7) is 2.56. The molecule has 90 valence electrons. The monoisotopic (exact) mass is 252 g/mol. The number of nitrogens with one attached hydrogen (secondary N) is 1. The van der Waals surface area contributed by atoms with Crippen molar-refractivity contribution in [3.05, 3.63) is 40.7 Å². The van der Waals surface area contributed by atoms with Gasteiger partial charge in [0, 0.05) is 11.6 Å². The van der Waals surface area contributed by atoms with E-state index in [-0.39, 0.29) is 6.08 Å². The fraction of sp³-hybridized carbons (Fsp3) is 0.250. The van der Waals surface area contributed by atoms with E-state index in [0.29, 0.717) is 17.3 Å². The average Bonchev–Trinajstić information content (AvgIpc) is 2.71. The predicted molar refractivity (Wildman–Crippen MR) is 65.5 cm³/mol. The van der Waals surface area contributed by atoms with Crippen molar-refractivity contribution in [2.75, 3.05) is 7.05 Å². The molecular weight excluding hydrogens is 240 g/mol. The minimum Gasteiger partial charge on any atom is -0.417 e. The molecule has 0 amide bonds. The molecule has 5 heteroatoms. The van der Waals surface area contributed by atoms with Gasteiger partial charge in [0.25, 0.3) is 0 Å². The molecule has 1 aromatic carbocycles. The van der Waals surface area contributed by atoms with Crippen molar-refractivity contribution in [3.8, 4) is 11.8 Å². The molecule has 0 fully saturated rings. The largest absolute Gasteiger partial charge is 0.417 e. The van der Waals surface area contributed by atoms with Gasteiger partial charge in [-0.3, -0.25) is 0 Å². The maximum Gasteiger partial charge on any atom is 0.399 e. The van der Waals surface area contributed by atoms with Gasteiger partial charge in [-0.2, -0.15) is 4.98 Å².